The first kappa shape index (κ1) is 16.6. The lowest BCUT2D eigenvalue weighted by atomic mass is 9.98. The SMILES string of the molecule is CCOc1ccc(C(NC)c2cccc(Cl)c2Cl)c(Br)c1. The summed E-state index contributed by atoms with van der Waals surface area (Å²) in [5.41, 5.74) is 2.02. The van der Waals surface area contributed by atoms with Gasteiger partial charge in [0.05, 0.1) is 22.7 Å². The molecule has 5 heteroatoms. The van der Waals surface area contributed by atoms with Gasteiger partial charge < -0.3 is 10.1 Å². The Morgan fingerprint density at radius 2 is 1.95 bits per heavy atom. The minimum Gasteiger partial charge on any atom is -0.494 e. The number of rotatable bonds is 5. The molecule has 0 amide bonds. The fraction of sp³-hybridized carbons (Fsp3) is 0.250. The third kappa shape index (κ3) is 3.72. The molecule has 0 aliphatic heterocycles. The van der Waals surface area contributed by atoms with Gasteiger partial charge in [-0.05, 0) is 43.3 Å². The Kier molecular flexibility index (Phi) is 5.94. The Morgan fingerprint density at radius 3 is 2.57 bits per heavy atom. The van der Waals surface area contributed by atoms with E-state index in [0.717, 1.165) is 21.3 Å². The first-order valence-electron chi connectivity index (χ1n) is 6.61. The number of halogens is 3. The number of nitrogens with one attached hydrogen (secondary N) is 1. The van der Waals surface area contributed by atoms with Gasteiger partial charge in [-0.2, -0.15) is 0 Å². The largest absolute Gasteiger partial charge is 0.494 e. The second kappa shape index (κ2) is 7.50. The van der Waals surface area contributed by atoms with Gasteiger partial charge in [0.1, 0.15) is 5.75 Å². The zero-order chi connectivity index (χ0) is 15.4. The monoisotopic (exact) mass is 387 g/mol. The van der Waals surface area contributed by atoms with E-state index in [1.165, 1.54) is 0 Å². The Balaban J connectivity index is 2.44. The predicted octanol–water partition coefficient (Wildman–Crippen LogP) is 5.46. The molecule has 0 heterocycles. The number of hydrogen-bond acceptors (Lipinski definition) is 2. The first-order valence-corrected chi connectivity index (χ1v) is 8.16. The first-order chi connectivity index (χ1) is 10.1. The second-order valence-corrected chi connectivity index (χ2v) is 6.12. The minimum atomic E-state index is -0.0544. The van der Waals surface area contributed by atoms with Crippen molar-refractivity contribution in [1.82, 2.24) is 5.32 Å². The third-order valence-electron chi connectivity index (χ3n) is 3.18. The zero-order valence-electron chi connectivity index (χ0n) is 11.8. The van der Waals surface area contributed by atoms with Crippen molar-refractivity contribution in [1.29, 1.82) is 0 Å². The zero-order valence-corrected chi connectivity index (χ0v) is 14.9. The lowest BCUT2D eigenvalue weighted by Crippen LogP contribution is -2.18. The number of ether oxygens (including phenoxy) is 1. The van der Waals surface area contributed by atoms with Gasteiger partial charge in [-0.3, -0.25) is 0 Å². The summed E-state index contributed by atoms with van der Waals surface area (Å²) in [6.07, 6.45) is 0. The van der Waals surface area contributed by atoms with Gasteiger partial charge in [0, 0.05) is 4.47 Å². The van der Waals surface area contributed by atoms with E-state index in [1.807, 2.05) is 44.3 Å². The molecule has 21 heavy (non-hydrogen) atoms. The van der Waals surface area contributed by atoms with Gasteiger partial charge in [-0.1, -0.05) is 57.3 Å². The fourth-order valence-electron chi connectivity index (χ4n) is 2.22. The summed E-state index contributed by atoms with van der Waals surface area (Å²) in [5.74, 6) is 0.833. The highest BCUT2D eigenvalue weighted by Gasteiger charge is 2.19. The van der Waals surface area contributed by atoms with Crippen molar-refractivity contribution in [3.05, 3.63) is 62.0 Å². The van der Waals surface area contributed by atoms with Crippen molar-refractivity contribution >= 4 is 39.1 Å². The molecule has 112 valence electrons. The van der Waals surface area contributed by atoms with Crippen LogP contribution in [0.5, 0.6) is 5.75 Å². The minimum absolute atomic E-state index is 0.0544. The number of benzene rings is 2. The summed E-state index contributed by atoms with van der Waals surface area (Å²) in [7, 11) is 1.89. The highest BCUT2D eigenvalue weighted by molar-refractivity contribution is 9.10. The molecule has 0 aliphatic rings. The molecule has 0 saturated heterocycles. The Bertz CT molecular complexity index is 634. The molecule has 0 bridgehead atoms. The van der Waals surface area contributed by atoms with Crippen LogP contribution >= 0.6 is 39.1 Å². The average molecular weight is 389 g/mol. The molecule has 0 aromatic heterocycles. The van der Waals surface area contributed by atoms with Crippen molar-refractivity contribution in [3.63, 3.8) is 0 Å². The topological polar surface area (TPSA) is 21.3 Å². The van der Waals surface area contributed by atoms with Crippen LogP contribution in [0.3, 0.4) is 0 Å². The van der Waals surface area contributed by atoms with E-state index in [-0.39, 0.29) is 6.04 Å². The van der Waals surface area contributed by atoms with Crippen LogP contribution in [-0.4, -0.2) is 13.7 Å². The summed E-state index contributed by atoms with van der Waals surface area (Å²) in [5, 5.41) is 4.40. The molecule has 0 aliphatic carbocycles. The van der Waals surface area contributed by atoms with E-state index < -0.39 is 0 Å². The Morgan fingerprint density at radius 1 is 1.19 bits per heavy atom. The molecule has 0 radical (unpaired) electrons. The fourth-order valence-corrected chi connectivity index (χ4v) is 3.22. The molecular formula is C16H16BrCl2NO. The molecule has 2 aromatic carbocycles. The highest BCUT2D eigenvalue weighted by Crippen LogP contribution is 2.36. The molecule has 0 fully saturated rings. The van der Waals surface area contributed by atoms with Crippen molar-refractivity contribution in [2.45, 2.75) is 13.0 Å². The van der Waals surface area contributed by atoms with E-state index in [9.17, 15) is 0 Å². The lowest BCUT2D eigenvalue weighted by Gasteiger charge is -2.21. The lowest BCUT2D eigenvalue weighted by molar-refractivity contribution is 0.340. The van der Waals surface area contributed by atoms with Crippen LogP contribution in [0.4, 0.5) is 0 Å². The quantitative estimate of drug-likeness (QED) is 0.733. The van der Waals surface area contributed by atoms with Crippen LogP contribution in [0.25, 0.3) is 0 Å². The van der Waals surface area contributed by atoms with E-state index in [2.05, 4.69) is 21.2 Å². The van der Waals surface area contributed by atoms with Crippen LogP contribution in [-0.2, 0) is 0 Å². The summed E-state index contributed by atoms with van der Waals surface area (Å²) in [4.78, 5) is 0. The maximum Gasteiger partial charge on any atom is 0.120 e. The summed E-state index contributed by atoms with van der Waals surface area (Å²) < 4.78 is 6.47. The average Bonchev–Trinajstić information content (AvgIpc) is 2.46. The van der Waals surface area contributed by atoms with Crippen LogP contribution in [0, 0.1) is 0 Å². The van der Waals surface area contributed by atoms with Gasteiger partial charge in [0.2, 0.25) is 0 Å². The van der Waals surface area contributed by atoms with Crippen molar-refractivity contribution in [3.8, 4) is 5.75 Å². The van der Waals surface area contributed by atoms with Gasteiger partial charge in [-0.15, -0.1) is 0 Å². The van der Waals surface area contributed by atoms with Crippen LogP contribution < -0.4 is 10.1 Å². The van der Waals surface area contributed by atoms with E-state index in [1.54, 1.807) is 6.07 Å². The molecule has 0 saturated carbocycles. The maximum absolute atomic E-state index is 6.34. The summed E-state index contributed by atoms with van der Waals surface area (Å²) in [6.45, 7) is 2.60. The molecule has 2 rings (SSSR count). The van der Waals surface area contributed by atoms with Crippen molar-refractivity contribution < 1.29 is 4.74 Å². The Hall–Kier alpha value is -0.740. The molecule has 2 aromatic rings. The standard InChI is InChI=1S/C16H16BrCl2NO/c1-3-21-10-7-8-11(13(17)9-10)16(20-2)12-5-4-6-14(18)15(12)19/h4-9,16,20H,3H2,1-2H3. The van der Waals surface area contributed by atoms with Crippen LogP contribution in [0.1, 0.15) is 24.1 Å². The van der Waals surface area contributed by atoms with Gasteiger partial charge in [0.25, 0.3) is 0 Å². The van der Waals surface area contributed by atoms with Gasteiger partial charge >= 0.3 is 0 Å². The maximum atomic E-state index is 6.34. The van der Waals surface area contributed by atoms with Crippen LogP contribution in [0.15, 0.2) is 40.9 Å². The normalized spacial score (nSPS) is 12.2. The predicted molar refractivity (Wildman–Crippen MR) is 92.7 cm³/mol. The van der Waals surface area contributed by atoms with E-state index in [4.69, 9.17) is 27.9 Å². The van der Waals surface area contributed by atoms with Crippen LogP contribution in [0.2, 0.25) is 10.0 Å². The molecule has 1 unspecified atom stereocenters. The van der Waals surface area contributed by atoms with Crippen molar-refractivity contribution in [2.75, 3.05) is 13.7 Å². The molecule has 0 spiro atoms. The number of hydrogen-bond donors (Lipinski definition) is 1. The van der Waals surface area contributed by atoms with E-state index in [0.29, 0.717) is 16.7 Å². The second-order valence-electron chi connectivity index (χ2n) is 4.48. The van der Waals surface area contributed by atoms with E-state index >= 15 is 0 Å². The van der Waals surface area contributed by atoms with Crippen molar-refractivity contribution in [2.24, 2.45) is 0 Å². The molecular weight excluding hydrogens is 373 g/mol. The molecule has 1 N–H and O–H groups in total. The highest BCUT2D eigenvalue weighted by atomic mass is 79.9. The third-order valence-corrected chi connectivity index (χ3v) is 4.70. The summed E-state index contributed by atoms with van der Waals surface area (Å²) in [6, 6.07) is 11.5. The molecule has 1 atom stereocenters. The molecule has 2 nitrogen and oxygen atoms in total. The Labute approximate surface area is 143 Å². The smallest absolute Gasteiger partial charge is 0.120 e. The summed E-state index contributed by atoms with van der Waals surface area (Å²) >= 11 is 16.1. The van der Waals surface area contributed by atoms with Gasteiger partial charge in [0.15, 0.2) is 0 Å². The van der Waals surface area contributed by atoms with Gasteiger partial charge in [-0.25, -0.2) is 0 Å².